The fourth-order valence-electron chi connectivity index (χ4n) is 2.36. The van der Waals surface area contributed by atoms with E-state index in [0.717, 1.165) is 10.9 Å². The van der Waals surface area contributed by atoms with Gasteiger partial charge in [0.2, 0.25) is 0 Å². The number of hydrogen-bond acceptors (Lipinski definition) is 1. The van der Waals surface area contributed by atoms with Gasteiger partial charge in [0.15, 0.2) is 0 Å². The van der Waals surface area contributed by atoms with Crippen LogP contribution < -0.4 is 0 Å². The maximum absolute atomic E-state index is 3.56. The molecule has 0 aliphatic heterocycles. The molecule has 0 saturated carbocycles. The first-order valence-corrected chi connectivity index (χ1v) is 8.63. The number of aryl methyl sites for hydroxylation is 2. The number of rotatable bonds is 3. The van der Waals surface area contributed by atoms with Crippen molar-refractivity contribution >= 4 is 27.3 Å². The molecule has 0 fully saturated rings. The van der Waals surface area contributed by atoms with Crippen LogP contribution in [0.4, 0.5) is 0 Å². The van der Waals surface area contributed by atoms with Crippen molar-refractivity contribution in [3.05, 3.63) is 80.6 Å². The zero-order valence-corrected chi connectivity index (χ0v) is 14.6. The number of benzene rings is 2. The molecule has 0 aliphatic rings. The van der Waals surface area contributed by atoms with Crippen LogP contribution in [0, 0.1) is 13.8 Å². The van der Waals surface area contributed by atoms with Crippen LogP contribution in [0.2, 0.25) is 0 Å². The van der Waals surface area contributed by atoms with Gasteiger partial charge < -0.3 is 0 Å². The van der Waals surface area contributed by atoms with Crippen LogP contribution in [0.25, 0.3) is 10.4 Å². The summed E-state index contributed by atoms with van der Waals surface area (Å²) >= 11 is 5.45. The summed E-state index contributed by atoms with van der Waals surface area (Å²) in [5, 5.41) is 0. The normalized spacial score (nSPS) is 10.8. The Kier molecular flexibility index (Phi) is 4.27. The van der Waals surface area contributed by atoms with Crippen LogP contribution in [0.3, 0.4) is 0 Å². The Bertz CT molecular complexity index is 753. The average molecular weight is 357 g/mol. The zero-order valence-electron chi connectivity index (χ0n) is 12.2. The highest BCUT2D eigenvalue weighted by molar-refractivity contribution is 9.10. The Balaban J connectivity index is 1.85. The van der Waals surface area contributed by atoms with Crippen molar-refractivity contribution in [1.82, 2.24) is 0 Å². The lowest BCUT2D eigenvalue weighted by Crippen LogP contribution is -1.89. The molecule has 0 N–H and O–H groups in total. The van der Waals surface area contributed by atoms with E-state index in [9.17, 15) is 0 Å². The Morgan fingerprint density at radius 3 is 2.43 bits per heavy atom. The second-order valence-electron chi connectivity index (χ2n) is 5.38. The van der Waals surface area contributed by atoms with Gasteiger partial charge in [-0.3, -0.25) is 0 Å². The molecule has 0 amide bonds. The molecule has 3 aromatic rings. The SMILES string of the molecule is Cc1ccc(-c2ccc(Cc3cc(Br)ccc3C)s2)cc1. The first-order valence-electron chi connectivity index (χ1n) is 7.02. The predicted molar refractivity (Wildman–Crippen MR) is 96.2 cm³/mol. The van der Waals surface area contributed by atoms with Crippen LogP contribution in [0.5, 0.6) is 0 Å². The smallest absolute Gasteiger partial charge is 0.0345 e. The van der Waals surface area contributed by atoms with Gasteiger partial charge in [-0.15, -0.1) is 11.3 Å². The van der Waals surface area contributed by atoms with Gasteiger partial charge in [0.05, 0.1) is 0 Å². The molecule has 3 rings (SSSR count). The van der Waals surface area contributed by atoms with Gasteiger partial charge in [-0.25, -0.2) is 0 Å². The molecule has 2 heteroatoms. The average Bonchev–Trinajstić information content (AvgIpc) is 2.92. The Morgan fingerprint density at radius 1 is 0.905 bits per heavy atom. The molecule has 0 nitrogen and oxygen atoms in total. The summed E-state index contributed by atoms with van der Waals surface area (Å²) in [5.41, 5.74) is 5.35. The third-order valence-electron chi connectivity index (χ3n) is 3.67. The number of thiophene rings is 1. The first-order chi connectivity index (χ1) is 10.1. The molecular weight excluding hydrogens is 340 g/mol. The minimum Gasteiger partial charge on any atom is -0.140 e. The summed E-state index contributed by atoms with van der Waals surface area (Å²) in [6.07, 6.45) is 1.00. The van der Waals surface area contributed by atoms with E-state index in [1.165, 1.54) is 32.0 Å². The van der Waals surface area contributed by atoms with Gasteiger partial charge in [-0.2, -0.15) is 0 Å². The predicted octanol–water partition coefficient (Wildman–Crippen LogP) is 6.39. The van der Waals surface area contributed by atoms with E-state index in [-0.39, 0.29) is 0 Å². The summed E-state index contributed by atoms with van der Waals surface area (Å²) in [6, 6.07) is 19.7. The van der Waals surface area contributed by atoms with Crippen molar-refractivity contribution < 1.29 is 0 Å². The van der Waals surface area contributed by atoms with Crippen molar-refractivity contribution in [2.24, 2.45) is 0 Å². The molecule has 1 aromatic heterocycles. The highest BCUT2D eigenvalue weighted by atomic mass is 79.9. The highest BCUT2D eigenvalue weighted by Gasteiger charge is 2.06. The molecular formula is C19H17BrS. The van der Waals surface area contributed by atoms with E-state index in [1.807, 2.05) is 11.3 Å². The van der Waals surface area contributed by atoms with Crippen LogP contribution in [0.1, 0.15) is 21.6 Å². The van der Waals surface area contributed by atoms with Crippen LogP contribution in [0.15, 0.2) is 59.1 Å². The van der Waals surface area contributed by atoms with Crippen molar-refractivity contribution in [3.63, 3.8) is 0 Å². The maximum Gasteiger partial charge on any atom is 0.0345 e. The molecule has 106 valence electrons. The molecule has 0 spiro atoms. The molecule has 0 atom stereocenters. The molecule has 0 saturated heterocycles. The standard InChI is InChI=1S/C19H17BrS/c1-13-3-6-15(7-4-13)19-10-9-18(21-19)12-16-11-17(20)8-5-14(16)2/h3-11H,12H2,1-2H3. The summed E-state index contributed by atoms with van der Waals surface area (Å²) in [6.45, 7) is 4.30. The third kappa shape index (κ3) is 3.45. The fraction of sp³-hybridized carbons (Fsp3) is 0.158. The van der Waals surface area contributed by atoms with Gasteiger partial charge in [0.25, 0.3) is 0 Å². The van der Waals surface area contributed by atoms with Gasteiger partial charge in [0, 0.05) is 20.6 Å². The van der Waals surface area contributed by atoms with Gasteiger partial charge in [-0.1, -0.05) is 51.8 Å². The molecule has 0 aliphatic carbocycles. The molecule has 21 heavy (non-hydrogen) atoms. The molecule has 0 bridgehead atoms. The molecule has 1 heterocycles. The lowest BCUT2D eigenvalue weighted by molar-refractivity contribution is 1.19. The minimum absolute atomic E-state index is 1.00. The third-order valence-corrected chi connectivity index (χ3v) is 5.30. The topological polar surface area (TPSA) is 0 Å². The Hall–Kier alpha value is -1.38. The van der Waals surface area contributed by atoms with E-state index < -0.39 is 0 Å². The van der Waals surface area contributed by atoms with Crippen molar-refractivity contribution in [1.29, 1.82) is 0 Å². The largest absolute Gasteiger partial charge is 0.140 e. The van der Waals surface area contributed by atoms with Crippen molar-refractivity contribution in [2.75, 3.05) is 0 Å². The van der Waals surface area contributed by atoms with Crippen LogP contribution >= 0.6 is 27.3 Å². The van der Waals surface area contributed by atoms with Gasteiger partial charge in [-0.05, 0) is 54.8 Å². The second-order valence-corrected chi connectivity index (χ2v) is 7.46. The zero-order chi connectivity index (χ0) is 14.8. The van der Waals surface area contributed by atoms with Crippen molar-refractivity contribution in [2.45, 2.75) is 20.3 Å². The fourth-order valence-corrected chi connectivity index (χ4v) is 3.81. The second kappa shape index (κ2) is 6.17. The first kappa shape index (κ1) is 14.6. The quantitative estimate of drug-likeness (QED) is 0.510. The van der Waals surface area contributed by atoms with Crippen LogP contribution in [-0.2, 0) is 6.42 Å². The van der Waals surface area contributed by atoms with E-state index >= 15 is 0 Å². The lowest BCUT2D eigenvalue weighted by atomic mass is 10.1. The number of hydrogen-bond donors (Lipinski definition) is 0. The molecule has 0 unspecified atom stereocenters. The van der Waals surface area contributed by atoms with E-state index in [0.29, 0.717) is 0 Å². The van der Waals surface area contributed by atoms with E-state index in [4.69, 9.17) is 0 Å². The highest BCUT2D eigenvalue weighted by Crippen LogP contribution is 2.30. The van der Waals surface area contributed by atoms with E-state index in [1.54, 1.807) is 0 Å². The summed E-state index contributed by atoms with van der Waals surface area (Å²) in [4.78, 5) is 2.75. The van der Waals surface area contributed by atoms with E-state index in [2.05, 4.69) is 84.4 Å². The molecule has 2 aromatic carbocycles. The summed E-state index contributed by atoms with van der Waals surface area (Å²) < 4.78 is 1.15. The Morgan fingerprint density at radius 2 is 1.67 bits per heavy atom. The summed E-state index contributed by atoms with van der Waals surface area (Å²) in [5.74, 6) is 0. The lowest BCUT2D eigenvalue weighted by Gasteiger charge is -2.05. The Labute approximate surface area is 138 Å². The number of halogens is 1. The van der Waals surface area contributed by atoms with Crippen LogP contribution in [-0.4, -0.2) is 0 Å². The van der Waals surface area contributed by atoms with Crippen molar-refractivity contribution in [3.8, 4) is 10.4 Å². The van der Waals surface area contributed by atoms with Gasteiger partial charge in [0.1, 0.15) is 0 Å². The molecule has 0 radical (unpaired) electrons. The minimum atomic E-state index is 1.00. The van der Waals surface area contributed by atoms with Gasteiger partial charge >= 0.3 is 0 Å². The monoisotopic (exact) mass is 356 g/mol. The maximum atomic E-state index is 3.56. The summed E-state index contributed by atoms with van der Waals surface area (Å²) in [7, 11) is 0.